The Bertz CT molecular complexity index is 653. The minimum absolute atomic E-state index is 0.306. The summed E-state index contributed by atoms with van der Waals surface area (Å²) in [5.74, 6) is 0.904. The summed E-state index contributed by atoms with van der Waals surface area (Å²) < 4.78 is 0. The van der Waals surface area contributed by atoms with Crippen molar-refractivity contribution in [3.8, 4) is 0 Å². The minimum Gasteiger partial charge on any atom is -0.337 e. The van der Waals surface area contributed by atoms with Gasteiger partial charge in [-0.15, -0.1) is 0 Å². The van der Waals surface area contributed by atoms with Crippen LogP contribution in [-0.4, -0.2) is 70.9 Å². The molecule has 1 aromatic rings. The number of aromatic nitrogens is 1. The predicted molar refractivity (Wildman–Crippen MR) is 126 cm³/mol. The lowest BCUT2D eigenvalue weighted by Crippen LogP contribution is -2.48. The number of hydrogen-bond donors (Lipinski definition) is 0. The van der Waals surface area contributed by atoms with Gasteiger partial charge in [0.15, 0.2) is 0 Å². The summed E-state index contributed by atoms with van der Waals surface area (Å²) in [5.41, 5.74) is 1.15. The van der Waals surface area contributed by atoms with Gasteiger partial charge < -0.3 is 9.80 Å². The van der Waals surface area contributed by atoms with E-state index in [2.05, 4.69) is 25.8 Å². The summed E-state index contributed by atoms with van der Waals surface area (Å²) in [6.45, 7) is 6.75. The lowest BCUT2D eigenvalue weighted by molar-refractivity contribution is -0.134. The second-order valence-corrected chi connectivity index (χ2v) is 10.1. The van der Waals surface area contributed by atoms with Crippen LogP contribution in [0.2, 0.25) is 0 Å². The molecular weight excluding hydrogens is 384 g/mol. The van der Waals surface area contributed by atoms with Gasteiger partial charge in [0.1, 0.15) is 0 Å². The van der Waals surface area contributed by atoms with E-state index in [0.29, 0.717) is 24.9 Å². The number of amides is 1. The zero-order valence-electron chi connectivity index (χ0n) is 19.4. The van der Waals surface area contributed by atoms with Gasteiger partial charge in [-0.3, -0.25) is 14.7 Å². The smallest absolute Gasteiger partial charge is 0.237 e. The number of pyridine rings is 1. The number of rotatable bonds is 7. The maximum atomic E-state index is 13.4. The van der Waals surface area contributed by atoms with E-state index in [1.807, 2.05) is 18.5 Å². The molecule has 3 aliphatic rings. The Labute approximate surface area is 189 Å². The average molecular weight is 427 g/mol. The first kappa shape index (κ1) is 22.7. The van der Waals surface area contributed by atoms with Gasteiger partial charge in [-0.1, -0.05) is 38.2 Å². The summed E-state index contributed by atoms with van der Waals surface area (Å²) in [7, 11) is 0. The Balaban J connectivity index is 1.38. The van der Waals surface area contributed by atoms with Gasteiger partial charge in [-0.05, 0) is 75.7 Å². The molecular formula is C26H42N4O. The van der Waals surface area contributed by atoms with Crippen LogP contribution in [0.3, 0.4) is 0 Å². The SMILES string of the molecule is O=C(CN1CCCCCC1)N(Cc1cccnc1)C[C@@H]1CCCN(C2CCCCC2)C1. The fourth-order valence-corrected chi connectivity index (χ4v) is 5.89. The van der Waals surface area contributed by atoms with Crippen LogP contribution in [0.15, 0.2) is 24.5 Å². The molecule has 0 spiro atoms. The van der Waals surface area contributed by atoms with Crippen LogP contribution in [0.25, 0.3) is 0 Å². The van der Waals surface area contributed by atoms with Gasteiger partial charge in [0.2, 0.25) is 5.91 Å². The topological polar surface area (TPSA) is 39.7 Å². The van der Waals surface area contributed by atoms with E-state index in [1.54, 1.807) is 0 Å². The number of carbonyl (C=O) groups is 1. The molecule has 172 valence electrons. The Morgan fingerprint density at radius 2 is 1.74 bits per heavy atom. The zero-order valence-corrected chi connectivity index (χ0v) is 19.4. The van der Waals surface area contributed by atoms with Crippen molar-refractivity contribution in [2.75, 3.05) is 39.3 Å². The molecule has 2 aliphatic heterocycles. The van der Waals surface area contributed by atoms with Crippen molar-refractivity contribution in [2.45, 2.75) is 83.2 Å². The lowest BCUT2D eigenvalue weighted by Gasteiger charge is -2.41. The van der Waals surface area contributed by atoms with Gasteiger partial charge >= 0.3 is 0 Å². The molecule has 0 aromatic carbocycles. The highest BCUT2D eigenvalue weighted by atomic mass is 16.2. The van der Waals surface area contributed by atoms with Crippen LogP contribution in [0.5, 0.6) is 0 Å². The molecule has 0 bridgehead atoms. The quantitative estimate of drug-likeness (QED) is 0.651. The number of nitrogens with zero attached hydrogens (tertiary/aromatic N) is 4. The van der Waals surface area contributed by atoms with Crippen LogP contribution < -0.4 is 0 Å². The molecule has 5 heteroatoms. The molecule has 1 saturated carbocycles. The largest absolute Gasteiger partial charge is 0.337 e. The molecule has 31 heavy (non-hydrogen) atoms. The van der Waals surface area contributed by atoms with E-state index < -0.39 is 0 Å². The van der Waals surface area contributed by atoms with E-state index in [-0.39, 0.29) is 0 Å². The molecule has 2 saturated heterocycles. The van der Waals surface area contributed by atoms with Gasteiger partial charge in [0, 0.05) is 38.1 Å². The first-order chi connectivity index (χ1) is 15.3. The lowest BCUT2D eigenvalue weighted by atomic mass is 9.90. The highest BCUT2D eigenvalue weighted by molar-refractivity contribution is 5.78. The van der Waals surface area contributed by atoms with Crippen molar-refractivity contribution >= 4 is 5.91 Å². The Morgan fingerprint density at radius 1 is 0.968 bits per heavy atom. The van der Waals surface area contributed by atoms with Crippen molar-refractivity contribution in [3.05, 3.63) is 30.1 Å². The first-order valence-corrected chi connectivity index (χ1v) is 12.9. The molecule has 0 N–H and O–H groups in total. The molecule has 1 aliphatic carbocycles. The maximum Gasteiger partial charge on any atom is 0.237 e. The number of hydrogen-bond acceptors (Lipinski definition) is 4. The van der Waals surface area contributed by atoms with E-state index >= 15 is 0 Å². The summed E-state index contributed by atoms with van der Waals surface area (Å²) in [5, 5.41) is 0. The van der Waals surface area contributed by atoms with Gasteiger partial charge in [-0.2, -0.15) is 0 Å². The van der Waals surface area contributed by atoms with Crippen molar-refractivity contribution in [2.24, 2.45) is 5.92 Å². The number of carbonyl (C=O) groups excluding carboxylic acids is 1. The Kier molecular flexibility index (Phi) is 8.77. The fourth-order valence-electron chi connectivity index (χ4n) is 5.89. The minimum atomic E-state index is 0.306. The van der Waals surface area contributed by atoms with Gasteiger partial charge in [0.25, 0.3) is 0 Å². The summed E-state index contributed by atoms with van der Waals surface area (Å²) >= 11 is 0. The van der Waals surface area contributed by atoms with Crippen molar-refractivity contribution < 1.29 is 4.79 Å². The first-order valence-electron chi connectivity index (χ1n) is 12.9. The third-order valence-electron chi connectivity index (χ3n) is 7.63. The molecule has 4 rings (SSSR count). The van der Waals surface area contributed by atoms with E-state index in [1.165, 1.54) is 83.7 Å². The second-order valence-electron chi connectivity index (χ2n) is 10.1. The van der Waals surface area contributed by atoms with Crippen LogP contribution in [0.1, 0.15) is 76.2 Å². The van der Waals surface area contributed by atoms with Crippen molar-refractivity contribution in [1.82, 2.24) is 19.7 Å². The molecule has 0 radical (unpaired) electrons. The van der Waals surface area contributed by atoms with Crippen LogP contribution in [0, 0.1) is 5.92 Å². The number of piperidine rings is 1. The van der Waals surface area contributed by atoms with Gasteiger partial charge in [-0.25, -0.2) is 0 Å². The second kappa shape index (κ2) is 12.0. The van der Waals surface area contributed by atoms with E-state index in [0.717, 1.165) is 31.2 Å². The summed E-state index contributed by atoms with van der Waals surface area (Å²) in [6.07, 6.45) is 18.3. The Hall–Kier alpha value is -1.46. The monoisotopic (exact) mass is 426 g/mol. The van der Waals surface area contributed by atoms with E-state index in [4.69, 9.17) is 0 Å². The maximum absolute atomic E-state index is 13.4. The van der Waals surface area contributed by atoms with Crippen molar-refractivity contribution in [3.63, 3.8) is 0 Å². The number of likely N-dealkylation sites (tertiary alicyclic amines) is 2. The molecule has 5 nitrogen and oxygen atoms in total. The van der Waals surface area contributed by atoms with Crippen molar-refractivity contribution in [1.29, 1.82) is 0 Å². The summed E-state index contributed by atoms with van der Waals surface area (Å²) in [4.78, 5) is 25.0. The van der Waals surface area contributed by atoms with Crippen LogP contribution in [0.4, 0.5) is 0 Å². The third-order valence-corrected chi connectivity index (χ3v) is 7.63. The highest BCUT2D eigenvalue weighted by Crippen LogP contribution is 2.28. The predicted octanol–water partition coefficient (Wildman–Crippen LogP) is 4.33. The normalized spacial score (nSPS) is 24.6. The zero-order chi connectivity index (χ0) is 21.3. The summed E-state index contributed by atoms with van der Waals surface area (Å²) in [6, 6.07) is 4.88. The van der Waals surface area contributed by atoms with Crippen LogP contribution in [-0.2, 0) is 11.3 Å². The standard InChI is InChI=1S/C26H42N4O/c31-26(22-28-15-6-1-2-7-16-28)30(19-23-10-8-14-27-18-23)21-24-11-9-17-29(20-24)25-12-4-3-5-13-25/h8,10,14,18,24-25H,1-7,9,11-13,15-17,19-22H2/t24-/m1/s1. The molecule has 1 atom stereocenters. The molecule has 3 heterocycles. The molecule has 3 fully saturated rings. The van der Waals surface area contributed by atoms with Crippen LogP contribution >= 0.6 is 0 Å². The third kappa shape index (κ3) is 7.01. The van der Waals surface area contributed by atoms with Gasteiger partial charge in [0.05, 0.1) is 6.54 Å². The fraction of sp³-hybridized carbons (Fsp3) is 0.769. The average Bonchev–Trinajstić information content (AvgIpc) is 3.09. The molecule has 0 unspecified atom stereocenters. The molecule has 1 amide bonds. The molecule has 1 aromatic heterocycles. The highest BCUT2D eigenvalue weighted by Gasteiger charge is 2.29. The van der Waals surface area contributed by atoms with E-state index in [9.17, 15) is 4.79 Å². The Morgan fingerprint density at radius 3 is 2.48 bits per heavy atom.